The van der Waals surface area contributed by atoms with E-state index in [2.05, 4.69) is 48.0 Å². The van der Waals surface area contributed by atoms with Crippen molar-refractivity contribution in [1.29, 1.82) is 0 Å². The highest BCUT2D eigenvalue weighted by atomic mass is 32.2. The second-order valence-electron chi connectivity index (χ2n) is 9.89. The maximum Gasteiger partial charge on any atom is 0.266 e. The van der Waals surface area contributed by atoms with Gasteiger partial charge in [-0.3, -0.25) is 14.4 Å². The van der Waals surface area contributed by atoms with Gasteiger partial charge in [0.25, 0.3) is 5.91 Å². The number of anilines is 2. The van der Waals surface area contributed by atoms with Crippen LogP contribution < -0.4 is 15.5 Å². The van der Waals surface area contributed by atoms with Gasteiger partial charge in [0.05, 0.1) is 22.4 Å². The number of hydrogen-bond donors (Lipinski definition) is 2. The molecule has 3 amide bonds. The second-order valence-corrected chi connectivity index (χ2v) is 12.2. The first-order valence-electron chi connectivity index (χ1n) is 12.3. The van der Waals surface area contributed by atoms with E-state index in [1.807, 2.05) is 0 Å². The molecule has 0 unspecified atom stereocenters. The lowest BCUT2D eigenvalue weighted by molar-refractivity contribution is -0.122. The summed E-state index contributed by atoms with van der Waals surface area (Å²) in [7, 11) is 0. The molecule has 4 rings (SSSR count). The lowest BCUT2D eigenvalue weighted by atomic mass is 9.94. The number of imide groups is 1. The molecule has 1 aliphatic rings. The zero-order chi connectivity index (χ0) is 27.3. The lowest BCUT2D eigenvalue weighted by Gasteiger charge is -2.27. The summed E-state index contributed by atoms with van der Waals surface area (Å²) in [5.74, 6) is 0.604. The predicted octanol–water partition coefficient (Wildman–Crippen LogP) is 5.02. The van der Waals surface area contributed by atoms with Crippen LogP contribution in [0.25, 0.3) is 0 Å². The number of carbonyl (C=O) groups excluding carboxylic acids is 3. The fourth-order valence-corrected chi connectivity index (χ4v) is 5.65. The van der Waals surface area contributed by atoms with Crippen LogP contribution in [0.3, 0.4) is 0 Å². The molecule has 0 atom stereocenters. The summed E-state index contributed by atoms with van der Waals surface area (Å²) < 4.78 is 6.72. The molecule has 0 spiro atoms. The third-order valence-electron chi connectivity index (χ3n) is 5.99. The molecule has 0 saturated carbocycles. The number of rotatable bonds is 8. The summed E-state index contributed by atoms with van der Waals surface area (Å²) in [6, 6.07) is 6.41. The second kappa shape index (κ2) is 12.1. The number of benzene rings is 1. The SMILES string of the molecule is C=CC(=O)Nc1ccc(C(=O)N(C(=O)C2CCNCC2)c2ncc(SCc3ncc(C(C)(C)C)o3)s2)cc1. The Labute approximate surface area is 230 Å². The van der Waals surface area contributed by atoms with Gasteiger partial charge in [-0.05, 0) is 56.3 Å². The smallest absolute Gasteiger partial charge is 0.266 e. The van der Waals surface area contributed by atoms with Crippen LogP contribution in [0.5, 0.6) is 0 Å². The fraction of sp³-hybridized carbons (Fsp3) is 0.370. The van der Waals surface area contributed by atoms with E-state index in [1.165, 1.54) is 34.1 Å². The number of aromatic nitrogens is 2. The Hall–Kier alpha value is -3.28. The molecule has 38 heavy (non-hydrogen) atoms. The maximum atomic E-state index is 13.6. The van der Waals surface area contributed by atoms with Crippen LogP contribution in [0.1, 0.15) is 55.6 Å². The Bertz CT molecular complexity index is 1300. The van der Waals surface area contributed by atoms with Gasteiger partial charge in [-0.1, -0.05) is 38.7 Å². The summed E-state index contributed by atoms with van der Waals surface area (Å²) in [5, 5.41) is 6.23. The Balaban J connectivity index is 1.54. The van der Waals surface area contributed by atoms with Gasteiger partial charge in [-0.2, -0.15) is 0 Å². The van der Waals surface area contributed by atoms with Crippen molar-refractivity contribution in [2.75, 3.05) is 23.3 Å². The first kappa shape index (κ1) is 27.7. The zero-order valence-corrected chi connectivity index (χ0v) is 23.3. The minimum absolute atomic E-state index is 0.126. The number of thioether (sulfide) groups is 1. The van der Waals surface area contributed by atoms with Gasteiger partial charge in [0, 0.05) is 22.6 Å². The molecule has 1 aliphatic heterocycles. The summed E-state index contributed by atoms with van der Waals surface area (Å²) in [5.41, 5.74) is 0.721. The van der Waals surface area contributed by atoms with E-state index < -0.39 is 5.91 Å². The van der Waals surface area contributed by atoms with Crippen LogP contribution in [-0.4, -0.2) is 40.8 Å². The third-order valence-corrected chi connectivity index (χ3v) is 8.15. The van der Waals surface area contributed by atoms with Gasteiger partial charge < -0.3 is 15.1 Å². The van der Waals surface area contributed by atoms with Crippen LogP contribution in [0.15, 0.2) is 57.9 Å². The topological polar surface area (TPSA) is 117 Å². The number of hydrogen-bond acceptors (Lipinski definition) is 9. The van der Waals surface area contributed by atoms with Crippen LogP contribution in [0.2, 0.25) is 0 Å². The minimum atomic E-state index is -0.455. The molecule has 3 aromatic rings. The van der Waals surface area contributed by atoms with Gasteiger partial charge >= 0.3 is 0 Å². The molecule has 0 radical (unpaired) electrons. The van der Waals surface area contributed by atoms with Crippen molar-refractivity contribution in [3.8, 4) is 0 Å². The van der Waals surface area contributed by atoms with Crippen molar-refractivity contribution in [1.82, 2.24) is 15.3 Å². The summed E-state index contributed by atoms with van der Waals surface area (Å²) in [4.78, 5) is 48.8. The Morgan fingerprint density at radius 1 is 1.18 bits per heavy atom. The van der Waals surface area contributed by atoms with Gasteiger partial charge in [0.2, 0.25) is 17.7 Å². The van der Waals surface area contributed by atoms with Crippen molar-refractivity contribution < 1.29 is 18.8 Å². The van der Waals surface area contributed by atoms with Crippen molar-refractivity contribution in [3.05, 3.63) is 66.5 Å². The average molecular weight is 554 g/mol. The lowest BCUT2D eigenvalue weighted by Crippen LogP contribution is -2.44. The van der Waals surface area contributed by atoms with E-state index in [4.69, 9.17) is 4.42 Å². The highest BCUT2D eigenvalue weighted by Crippen LogP contribution is 2.35. The minimum Gasteiger partial charge on any atom is -0.444 e. The molecule has 200 valence electrons. The summed E-state index contributed by atoms with van der Waals surface area (Å²) in [6.07, 6.45) is 5.90. The van der Waals surface area contributed by atoms with E-state index in [-0.39, 0.29) is 23.1 Å². The summed E-state index contributed by atoms with van der Waals surface area (Å²) in [6.45, 7) is 11.1. The van der Waals surface area contributed by atoms with E-state index in [9.17, 15) is 14.4 Å². The molecule has 9 nitrogen and oxygen atoms in total. The largest absolute Gasteiger partial charge is 0.444 e. The van der Waals surface area contributed by atoms with Gasteiger partial charge in [-0.15, -0.1) is 11.8 Å². The predicted molar refractivity (Wildman–Crippen MR) is 150 cm³/mol. The Kier molecular flexibility index (Phi) is 8.80. The standard InChI is InChI=1S/C27H31N5O4S2/c1-5-21(33)31-19-8-6-17(7-9-19)24(34)32(25(35)18-10-12-28-13-11-18)26-30-15-23(38-26)37-16-22-29-14-20(36-22)27(2,3)4/h5-9,14-15,18,28H,1,10-13,16H2,2-4H3,(H,31,33). The van der Waals surface area contributed by atoms with Crippen molar-refractivity contribution >= 4 is 51.6 Å². The average Bonchev–Trinajstić information content (AvgIpc) is 3.58. The fourth-order valence-electron chi connectivity index (χ4n) is 3.83. The first-order chi connectivity index (χ1) is 18.2. The molecule has 0 aliphatic carbocycles. The number of thiazole rings is 1. The molecular weight excluding hydrogens is 522 g/mol. The van der Waals surface area contributed by atoms with Crippen LogP contribution in [0, 0.1) is 5.92 Å². The number of piperidine rings is 1. The third kappa shape index (κ3) is 6.77. The van der Waals surface area contributed by atoms with E-state index in [0.29, 0.717) is 40.9 Å². The molecule has 1 fully saturated rings. The summed E-state index contributed by atoms with van der Waals surface area (Å²) >= 11 is 2.78. The Morgan fingerprint density at radius 3 is 2.53 bits per heavy atom. The van der Waals surface area contributed by atoms with E-state index in [1.54, 1.807) is 36.7 Å². The van der Waals surface area contributed by atoms with Crippen LogP contribution >= 0.6 is 23.1 Å². The Morgan fingerprint density at radius 2 is 1.89 bits per heavy atom. The molecule has 2 N–H and O–H groups in total. The number of amides is 3. The quantitative estimate of drug-likeness (QED) is 0.227. The molecule has 2 aromatic heterocycles. The molecule has 1 aromatic carbocycles. The molecule has 0 bridgehead atoms. The first-order valence-corrected chi connectivity index (χ1v) is 14.1. The van der Waals surface area contributed by atoms with Gasteiger partial charge in [0.1, 0.15) is 5.76 Å². The molecular formula is C27H31N5O4S2. The van der Waals surface area contributed by atoms with Crippen LogP contribution in [-0.2, 0) is 20.8 Å². The van der Waals surface area contributed by atoms with E-state index >= 15 is 0 Å². The molecule has 1 saturated heterocycles. The number of oxazole rings is 1. The number of nitrogens with zero attached hydrogens (tertiary/aromatic N) is 3. The van der Waals surface area contributed by atoms with Crippen molar-refractivity contribution in [2.24, 2.45) is 5.92 Å². The molecule has 11 heteroatoms. The van der Waals surface area contributed by atoms with Crippen molar-refractivity contribution in [2.45, 2.75) is 49.0 Å². The highest BCUT2D eigenvalue weighted by Gasteiger charge is 2.33. The molecule has 3 heterocycles. The normalized spacial score (nSPS) is 14.2. The van der Waals surface area contributed by atoms with Gasteiger partial charge in [0.15, 0.2) is 5.13 Å². The maximum absolute atomic E-state index is 13.6. The van der Waals surface area contributed by atoms with Gasteiger partial charge in [-0.25, -0.2) is 14.9 Å². The van der Waals surface area contributed by atoms with Crippen LogP contribution in [0.4, 0.5) is 10.8 Å². The highest BCUT2D eigenvalue weighted by molar-refractivity contribution is 8.00. The zero-order valence-electron chi connectivity index (χ0n) is 21.7. The number of nitrogens with one attached hydrogen (secondary N) is 2. The number of carbonyl (C=O) groups is 3. The monoisotopic (exact) mass is 553 g/mol. The van der Waals surface area contributed by atoms with Crippen molar-refractivity contribution in [3.63, 3.8) is 0 Å². The van der Waals surface area contributed by atoms with E-state index in [0.717, 1.165) is 23.1 Å².